The topological polar surface area (TPSA) is 54.7 Å². The predicted octanol–water partition coefficient (Wildman–Crippen LogP) is 4.00. The van der Waals surface area contributed by atoms with E-state index in [2.05, 4.69) is 53.7 Å². The van der Waals surface area contributed by atoms with E-state index in [9.17, 15) is 0 Å². The zero-order valence-corrected chi connectivity index (χ0v) is 11.7. The van der Waals surface area contributed by atoms with E-state index < -0.39 is 0 Å². The maximum Gasteiger partial charge on any atom is 0.153 e. The number of thiophene rings is 1. The van der Waals surface area contributed by atoms with Crippen LogP contribution in [0, 0.1) is 13.8 Å². The highest BCUT2D eigenvalue weighted by molar-refractivity contribution is 7.13. The molecule has 0 aliphatic rings. The van der Waals surface area contributed by atoms with Gasteiger partial charge in [-0.15, -0.1) is 11.3 Å². The number of aryl methyl sites for hydroxylation is 2. The summed E-state index contributed by atoms with van der Waals surface area (Å²) in [7, 11) is 0. The van der Waals surface area contributed by atoms with Gasteiger partial charge in [0.15, 0.2) is 5.82 Å². The first-order chi connectivity index (χ1) is 9.16. The number of benzene rings is 1. The number of nitrogens with one attached hydrogen (secondary N) is 1. The van der Waals surface area contributed by atoms with E-state index in [1.165, 1.54) is 11.1 Å². The lowest BCUT2D eigenvalue weighted by atomic mass is 10.00. The SMILES string of the molecule is Cc1ccc(-c2c(N)n[nH]c2-c2cccs2)cc1C. The first-order valence-electron chi connectivity index (χ1n) is 6.12. The molecule has 2 aromatic heterocycles. The molecule has 3 nitrogen and oxygen atoms in total. The van der Waals surface area contributed by atoms with Crippen LogP contribution in [0.1, 0.15) is 11.1 Å². The molecule has 0 bridgehead atoms. The molecule has 0 unspecified atom stereocenters. The highest BCUT2D eigenvalue weighted by Gasteiger charge is 2.15. The van der Waals surface area contributed by atoms with Gasteiger partial charge in [0.25, 0.3) is 0 Å². The van der Waals surface area contributed by atoms with Gasteiger partial charge in [-0.25, -0.2) is 0 Å². The Morgan fingerprint density at radius 2 is 2.00 bits per heavy atom. The Bertz CT molecular complexity index is 711. The molecule has 3 N–H and O–H groups in total. The van der Waals surface area contributed by atoms with E-state index in [-0.39, 0.29) is 0 Å². The fourth-order valence-electron chi connectivity index (χ4n) is 2.14. The number of anilines is 1. The summed E-state index contributed by atoms with van der Waals surface area (Å²) < 4.78 is 0. The summed E-state index contributed by atoms with van der Waals surface area (Å²) in [5.41, 5.74) is 11.7. The Morgan fingerprint density at radius 1 is 1.16 bits per heavy atom. The van der Waals surface area contributed by atoms with E-state index in [4.69, 9.17) is 5.73 Å². The maximum absolute atomic E-state index is 6.03. The van der Waals surface area contributed by atoms with Crippen molar-refractivity contribution in [3.05, 3.63) is 46.8 Å². The molecule has 3 aromatic rings. The van der Waals surface area contributed by atoms with E-state index in [0.717, 1.165) is 21.7 Å². The fourth-order valence-corrected chi connectivity index (χ4v) is 2.87. The van der Waals surface area contributed by atoms with Gasteiger partial charge in [0.1, 0.15) is 0 Å². The zero-order chi connectivity index (χ0) is 13.4. The highest BCUT2D eigenvalue weighted by Crippen LogP contribution is 2.37. The molecule has 0 atom stereocenters. The Labute approximate surface area is 116 Å². The maximum atomic E-state index is 6.03. The average Bonchev–Trinajstić information content (AvgIpc) is 3.01. The van der Waals surface area contributed by atoms with E-state index in [1.54, 1.807) is 11.3 Å². The minimum absolute atomic E-state index is 0.548. The van der Waals surface area contributed by atoms with Crippen molar-refractivity contribution in [2.24, 2.45) is 0 Å². The van der Waals surface area contributed by atoms with Crippen molar-refractivity contribution < 1.29 is 0 Å². The fraction of sp³-hybridized carbons (Fsp3) is 0.133. The second-order valence-electron chi connectivity index (χ2n) is 4.64. The number of H-pyrrole nitrogens is 1. The molecule has 19 heavy (non-hydrogen) atoms. The smallest absolute Gasteiger partial charge is 0.153 e. The third-order valence-electron chi connectivity index (χ3n) is 3.36. The molecule has 0 saturated carbocycles. The number of nitrogen functional groups attached to an aromatic ring is 1. The Kier molecular flexibility index (Phi) is 2.87. The number of aromatic amines is 1. The first-order valence-corrected chi connectivity index (χ1v) is 7.00. The average molecular weight is 269 g/mol. The lowest BCUT2D eigenvalue weighted by Gasteiger charge is -2.06. The third-order valence-corrected chi connectivity index (χ3v) is 4.24. The van der Waals surface area contributed by atoms with Crippen LogP contribution in [0.4, 0.5) is 5.82 Å². The molecule has 3 rings (SSSR count). The second-order valence-corrected chi connectivity index (χ2v) is 5.58. The van der Waals surface area contributed by atoms with Gasteiger partial charge in [-0.3, -0.25) is 5.10 Å². The molecule has 0 spiro atoms. The minimum Gasteiger partial charge on any atom is -0.382 e. The van der Waals surface area contributed by atoms with Gasteiger partial charge in [-0.2, -0.15) is 5.10 Å². The molecule has 4 heteroatoms. The van der Waals surface area contributed by atoms with Gasteiger partial charge in [0, 0.05) is 0 Å². The molecule has 1 aromatic carbocycles. The van der Waals surface area contributed by atoms with Crippen LogP contribution in [0.3, 0.4) is 0 Å². The first kappa shape index (κ1) is 12.0. The summed E-state index contributed by atoms with van der Waals surface area (Å²) in [6.45, 7) is 4.22. The second kappa shape index (κ2) is 4.55. The van der Waals surface area contributed by atoms with Crippen LogP contribution in [0.5, 0.6) is 0 Å². The molecule has 0 aliphatic carbocycles. The number of nitrogens with zero attached hydrogens (tertiary/aromatic N) is 1. The molecule has 96 valence electrons. The van der Waals surface area contributed by atoms with Gasteiger partial charge >= 0.3 is 0 Å². The van der Waals surface area contributed by atoms with Crippen LogP contribution >= 0.6 is 11.3 Å². The van der Waals surface area contributed by atoms with Gasteiger partial charge < -0.3 is 5.73 Å². The number of hydrogen-bond donors (Lipinski definition) is 2. The summed E-state index contributed by atoms with van der Waals surface area (Å²) in [6, 6.07) is 10.5. The Balaban J connectivity index is 2.19. The van der Waals surface area contributed by atoms with Gasteiger partial charge in [0.2, 0.25) is 0 Å². The van der Waals surface area contributed by atoms with Gasteiger partial charge in [-0.05, 0) is 42.0 Å². The van der Waals surface area contributed by atoms with Crippen molar-refractivity contribution in [1.29, 1.82) is 0 Å². The monoisotopic (exact) mass is 269 g/mol. The van der Waals surface area contributed by atoms with Crippen LogP contribution in [0.25, 0.3) is 21.7 Å². The van der Waals surface area contributed by atoms with Crippen molar-refractivity contribution in [3.8, 4) is 21.7 Å². The predicted molar refractivity (Wildman–Crippen MR) is 81.2 cm³/mol. The minimum atomic E-state index is 0.548. The zero-order valence-electron chi connectivity index (χ0n) is 10.9. The van der Waals surface area contributed by atoms with Crippen LogP contribution < -0.4 is 5.73 Å². The van der Waals surface area contributed by atoms with Crippen LogP contribution in [-0.4, -0.2) is 10.2 Å². The van der Waals surface area contributed by atoms with Crippen LogP contribution in [0.15, 0.2) is 35.7 Å². The van der Waals surface area contributed by atoms with Crippen molar-refractivity contribution >= 4 is 17.2 Å². The molecule has 0 aliphatic heterocycles. The van der Waals surface area contributed by atoms with E-state index in [0.29, 0.717) is 5.82 Å². The number of rotatable bonds is 2. The quantitative estimate of drug-likeness (QED) is 0.738. The number of nitrogens with two attached hydrogens (primary N) is 1. The summed E-state index contributed by atoms with van der Waals surface area (Å²) in [5.74, 6) is 0.548. The van der Waals surface area contributed by atoms with E-state index >= 15 is 0 Å². The molecule has 0 radical (unpaired) electrons. The van der Waals surface area contributed by atoms with Gasteiger partial charge in [-0.1, -0.05) is 24.3 Å². The van der Waals surface area contributed by atoms with Crippen molar-refractivity contribution in [3.63, 3.8) is 0 Å². The number of hydrogen-bond acceptors (Lipinski definition) is 3. The summed E-state index contributed by atoms with van der Waals surface area (Å²) in [6.07, 6.45) is 0. The highest BCUT2D eigenvalue weighted by atomic mass is 32.1. The molecule has 0 saturated heterocycles. The van der Waals surface area contributed by atoms with Crippen molar-refractivity contribution in [1.82, 2.24) is 10.2 Å². The summed E-state index contributed by atoms with van der Waals surface area (Å²) in [4.78, 5) is 1.15. The summed E-state index contributed by atoms with van der Waals surface area (Å²) in [5, 5.41) is 9.26. The Hall–Kier alpha value is -2.07. The normalized spacial score (nSPS) is 10.8. The lowest BCUT2D eigenvalue weighted by molar-refractivity contribution is 1.11. The van der Waals surface area contributed by atoms with Crippen molar-refractivity contribution in [2.45, 2.75) is 13.8 Å². The molecule has 0 fully saturated rings. The summed E-state index contributed by atoms with van der Waals surface area (Å²) >= 11 is 1.68. The third kappa shape index (κ3) is 2.04. The van der Waals surface area contributed by atoms with Crippen molar-refractivity contribution in [2.75, 3.05) is 5.73 Å². The molecular formula is C15H15N3S. The lowest BCUT2D eigenvalue weighted by Crippen LogP contribution is -1.90. The molecule has 0 amide bonds. The number of aromatic nitrogens is 2. The van der Waals surface area contributed by atoms with E-state index in [1.807, 2.05) is 6.07 Å². The van der Waals surface area contributed by atoms with Crippen LogP contribution in [0.2, 0.25) is 0 Å². The standard InChI is InChI=1S/C15H15N3S/c1-9-5-6-11(8-10(9)2)13-14(17-18-15(13)16)12-4-3-7-19-12/h3-8H,1-2H3,(H3,16,17,18). The molecule has 2 heterocycles. The van der Waals surface area contributed by atoms with Gasteiger partial charge in [0.05, 0.1) is 16.1 Å². The largest absolute Gasteiger partial charge is 0.382 e. The Morgan fingerprint density at radius 3 is 2.68 bits per heavy atom. The van der Waals surface area contributed by atoms with Crippen LogP contribution in [-0.2, 0) is 0 Å². The molecular weight excluding hydrogens is 254 g/mol.